The first-order valence-electron chi connectivity index (χ1n) is 4.80. The summed E-state index contributed by atoms with van der Waals surface area (Å²) in [5.41, 5.74) is 0.0143. The van der Waals surface area contributed by atoms with Crippen LogP contribution in [0.3, 0.4) is 0 Å². The van der Waals surface area contributed by atoms with Crippen LogP contribution in [0, 0.1) is 0 Å². The van der Waals surface area contributed by atoms with Crippen LogP contribution in [0.25, 0.3) is 0 Å². The average molecular weight is 173 g/mol. The second-order valence-corrected chi connectivity index (χ2v) is 3.98. The molecule has 12 heavy (non-hydrogen) atoms. The van der Waals surface area contributed by atoms with Gasteiger partial charge in [-0.1, -0.05) is 6.92 Å². The van der Waals surface area contributed by atoms with Gasteiger partial charge in [-0.15, -0.1) is 0 Å². The Hall–Kier alpha value is -0.0800. The van der Waals surface area contributed by atoms with E-state index < -0.39 is 0 Å². The van der Waals surface area contributed by atoms with E-state index in [0.29, 0.717) is 6.04 Å². The summed E-state index contributed by atoms with van der Waals surface area (Å²) in [5, 5.41) is 3.44. The smallest absolute Gasteiger partial charge is 0.0634 e. The molecule has 0 saturated carbocycles. The third-order valence-electron chi connectivity index (χ3n) is 2.38. The Morgan fingerprint density at radius 3 is 2.42 bits per heavy atom. The molecule has 0 aliphatic rings. The average Bonchev–Trinajstić information content (AvgIpc) is 2.04. The van der Waals surface area contributed by atoms with Crippen LogP contribution in [0.2, 0.25) is 0 Å². The lowest BCUT2D eigenvalue weighted by Crippen LogP contribution is -2.32. The van der Waals surface area contributed by atoms with E-state index in [4.69, 9.17) is 4.74 Å². The van der Waals surface area contributed by atoms with Gasteiger partial charge in [0.15, 0.2) is 0 Å². The molecule has 0 aromatic carbocycles. The van der Waals surface area contributed by atoms with Gasteiger partial charge >= 0.3 is 0 Å². The second-order valence-electron chi connectivity index (χ2n) is 3.98. The van der Waals surface area contributed by atoms with Crippen LogP contribution >= 0.6 is 0 Å². The number of ether oxygens (including phenoxy) is 1. The Kier molecular flexibility index (Phi) is 5.51. The summed E-state index contributed by atoms with van der Waals surface area (Å²) >= 11 is 0. The van der Waals surface area contributed by atoms with Gasteiger partial charge in [0.1, 0.15) is 0 Å². The van der Waals surface area contributed by atoms with Crippen LogP contribution in [0.15, 0.2) is 0 Å². The van der Waals surface area contributed by atoms with Gasteiger partial charge in [-0.3, -0.25) is 0 Å². The van der Waals surface area contributed by atoms with E-state index in [1.165, 1.54) is 6.42 Å². The number of nitrogens with one attached hydrogen (secondary N) is 1. The van der Waals surface area contributed by atoms with E-state index in [1.807, 2.05) is 0 Å². The summed E-state index contributed by atoms with van der Waals surface area (Å²) in [6.45, 7) is 9.67. The number of hydrogen-bond acceptors (Lipinski definition) is 2. The molecule has 1 unspecified atom stereocenters. The normalized spacial score (nSPS) is 14.8. The molecule has 2 heteroatoms. The summed E-state index contributed by atoms with van der Waals surface area (Å²) in [6, 6.07) is 0.623. The molecule has 0 rings (SSSR count). The highest BCUT2D eigenvalue weighted by Crippen LogP contribution is 2.11. The fourth-order valence-electron chi connectivity index (χ4n) is 0.866. The van der Waals surface area contributed by atoms with Crippen molar-refractivity contribution in [3.05, 3.63) is 0 Å². The molecule has 0 fully saturated rings. The zero-order valence-corrected chi connectivity index (χ0v) is 9.11. The van der Waals surface area contributed by atoms with Crippen molar-refractivity contribution in [3.63, 3.8) is 0 Å². The van der Waals surface area contributed by atoms with Gasteiger partial charge in [0.2, 0.25) is 0 Å². The Bertz CT molecular complexity index is 112. The Morgan fingerprint density at radius 2 is 2.00 bits per heavy atom. The first-order chi connectivity index (χ1) is 5.52. The van der Waals surface area contributed by atoms with E-state index >= 15 is 0 Å². The molecule has 74 valence electrons. The van der Waals surface area contributed by atoms with Crippen LogP contribution in [-0.4, -0.2) is 25.3 Å². The van der Waals surface area contributed by atoms with Crippen molar-refractivity contribution in [1.29, 1.82) is 0 Å². The minimum Gasteiger partial charge on any atom is -0.379 e. The molecule has 0 aliphatic heterocycles. The molecule has 0 aliphatic carbocycles. The Balaban J connectivity index is 3.42. The molecule has 0 amide bonds. The van der Waals surface area contributed by atoms with Crippen molar-refractivity contribution in [2.75, 3.05) is 13.7 Å². The molecular formula is C10H23NO. The maximum atomic E-state index is 5.31. The number of hydrogen-bond donors (Lipinski definition) is 1. The molecule has 0 aromatic heterocycles. The quantitative estimate of drug-likeness (QED) is 0.665. The van der Waals surface area contributed by atoms with Gasteiger partial charge in [-0.05, 0) is 40.2 Å². The summed E-state index contributed by atoms with van der Waals surface area (Å²) in [5.74, 6) is 0. The molecule has 0 heterocycles. The van der Waals surface area contributed by atoms with Crippen LogP contribution in [0.4, 0.5) is 0 Å². The van der Waals surface area contributed by atoms with Crippen LogP contribution in [0.1, 0.15) is 40.5 Å². The van der Waals surface area contributed by atoms with Crippen LogP contribution < -0.4 is 5.32 Å². The summed E-state index contributed by atoms with van der Waals surface area (Å²) in [7, 11) is 1.77. The zero-order chi connectivity index (χ0) is 9.61. The Morgan fingerprint density at radius 1 is 1.42 bits per heavy atom. The highest BCUT2D eigenvalue weighted by atomic mass is 16.5. The fraction of sp³-hybridized carbons (Fsp3) is 1.00. The largest absolute Gasteiger partial charge is 0.379 e. The summed E-state index contributed by atoms with van der Waals surface area (Å²) in [6.07, 6.45) is 2.25. The topological polar surface area (TPSA) is 21.3 Å². The molecule has 1 N–H and O–H groups in total. The minimum absolute atomic E-state index is 0.0143. The van der Waals surface area contributed by atoms with E-state index in [-0.39, 0.29) is 5.60 Å². The van der Waals surface area contributed by atoms with E-state index in [9.17, 15) is 0 Å². The van der Waals surface area contributed by atoms with Crippen molar-refractivity contribution in [2.45, 2.75) is 52.2 Å². The Labute approximate surface area is 76.7 Å². The minimum atomic E-state index is 0.0143. The fourth-order valence-corrected chi connectivity index (χ4v) is 0.866. The molecule has 2 nitrogen and oxygen atoms in total. The summed E-state index contributed by atoms with van der Waals surface area (Å²) in [4.78, 5) is 0. The maximum absolute atomic E-state index is 5.31. The van der Waals surface area contributed by atoms with Gasteiger partial charge in [0.05, 0.1) is 5.60 Å². The van der Waals surface area contributed by atoms with Crippen molar-refractivity contribution in [1.82, 2.24) is 5.32 Å². The molecular weight excluding hydrogens is 150 g/mol. The molecule has 0 bridgehead atoms. The molecule has 1 atom stereocenters. The highest BCUT2D eigenvalue weighted by molar-refractivity contribution is 4.70. The molecule has 0 radical (unpaired) electrons. The molecule has 0 saturated heterocycles. The van der Waals surface area contributed by atoms with Crippen molar-refractivity contribution < 1.29 is 4.74 Å². The zero-order valence-electron chi connectivity index (χ0n) is 9.11. The standard InChI is InChI=1S/C10H23NO/c1-6-9(2)11-8-7-10(3,4)12-5/h9,11H,6-8H2,1-5H3. The molecule has 0 aromatic rings. The number of methoxy groups -OCH3 is 1. The second kappa shape index (κ2) is 5.55. The van der Waals surface area contributed by atoms with Crippen molar-refractivity contribution in [3.8, 4) is 0 Å². The van der Waals surface area contributed by atoms with Gasteiger partial charge in [-0.2, -0.15) is 0 Å². The lowest BCUT2D eigenvalue weighted by atomic mass is 10.1. The van der Waals surface area contributed by atoms with Gasteiger partial charge in [-0.25, -0.2) is 0 Å². The lowest BCUT2D eigenvalue weighted by Gasteiger charge is -2.23. The summed E-state index contributed by atoms with van der Waals surface area (Å²) < 4.78 is 5.31. The van der Waals surface area contributed by atoms with Crippen molar-refractivity contribution in [2.24, 2.45) is 0 Å². The van der Waals surface area contributed by atoms with E-state index in [2.05, 4.69) is 33.0 Å². The predicted molar refractivity (Wildman–Crippen MR) is 53.5 cm³/mol. The predicted octanol–water partition coefficient (Wildman–Crippen LogP) is 2.19. The van der Waals surface area contributed by atoms with E-state index in [0.717, 1.165) is 13.0 Å². The maximum Gasteiger partial charge on any atom is 0.0634 e. The first-order valence-corrected chi connectivity index (χ1v) is 4.80. The van der Waals surface area contributed by atoms with Gasteiger partial charge in [0, 0.05) is 13.2 Å². The van der Waals surface area contributed by atoms with Crippen LogP contribution in [0.5, 0.6) is 0 Å². The third-order valence-corrected chi connectivity index (χ3v) is 2.38. The third kappa shape index (κ3) is 5.56. The monoisotopic (exact) mass is 173 g/mol. The lowest BCUT2D eigenvalue weighted by molar-refractivity contribution is 0.0154. The van der Waals surface area contributed by atoms with E-state index in [1.54, 1.807) is 7.11 Å². The van der Waals surface area contributed by atoms with Gasteiger partial charge in [0.25, 0.3) is 0 Å². The van der Waals surface area contributed by atoms with Crippen molar-refractivity contribution >= 4 is 0 Å². The van der Waals surface area contributed by atoms with Crippen LogP contribution in [-0.2, 0) is 4.74 Å². The SMILES string of the molecule is CCC(C)NCCC(C)(C)OC. The van der Waals surface area contributed by atoms with Gasteiger partial charge < -0.3 is 10.1 Å². The molecule has 0 spiro atoms. The highest BCUT2D eigenvalue weighted by Gasteiger charge is 2.15. The number of rotatable bonds is 6. The first kappa shape index (κ1) is 11.9.